The Kier molecular flexibility index (Phi) is 3.97. The van der Waals surface area contributed by atoms with Crippen molar-refractivity contribution in [2.75, 3.05) is 6.54 Å². The van der Waals surface area contributed by atoms with E-state index in [1.807, 2.05) is 16.8 Å². The molecule has 0 bridgehead atoms. The third kappa shape index (κ3) is 2.95. The van der Waals surface area contributed by atoms with Crippen molar-refractivity contribution in [1.82, 2.24) is 15.1 Å². The molecular weight excluding hydrogens is 262 g/mol. The predicted molar refractivity (Wildman–Crippen MR) is 83.5 cm³/mol. The first-order valence-corrected chi connectivity index (χ1v) is 7.76. The maximum Gasteiger partial charge on any atom is 0.115 e. The Morgan fingerprint density at radius 1 is 1.43 bits per heavy atom. The smallest absolute Gasteiger partial charge is 0.115 e. The van der Waals surface area contributed by atoms with Crippen molar-refractivity contribution in [3.05, 3.63) is 47.3 Å². The first-order chi connectivity index (χ1) is 10.2. The highest BCUT2D eigenvalue weighted by Crippen LogP contribution is 2.28. The van der Waals surface area contributed by atoms with Gasteiger partial charge < -0.3 is 10.4 Å². The molecule has 0 saturated heterocycles. The van der Waals surface area contributed by atoms with Crippen LogP contribution in [0.2, 0.25) is 0 Å². The largest absolute Gasteiger partial charge is 0.508 e. The van der Waals surface area contributed by atoms with Crippen LogP contribution in [-0.4, -0.2) is 21.4 Å². The summed E-state index contributed by atoms with van der Waals surface area (Å²) in [6.07, 6.45) is 5.03. The SMILES string of the molecule is CCC(C)n1ccc(CC2NCCc3ccc(O)cc32)n1. The van der Waals surface area contributed by atoms with E-state index in [0.717, 1.165) is 31.5 Å². The lowest BCUT2D eigenvalue weighted by Gasteiger charge is -2.26. The van der Waals surface area contributed by atoms with E-state index in [4.69, 9.17) is 0 Å². The van der Waals surface area contributed by atoms with Gasteiger partial charge in [0.1, 0.15) is 5.75 Å². The Morgan fingerprint density at radius 2 is 2.29 bits per heavy atom. The van der Waals surface area contributed by atoms with E-state index in [9.17, 15) is 5.11 Å². The standard InChI is InChI=1S/C17H23N3O/c1-3-12(2)20-9-7-14(19-20)10-17-16-11-15(21)5-4-13(16)6-8-18-17/h4-5,7,9,11-12,17-18,21H,3,6,8,10H2,1-2H3. The molecular formula is C17H23N3O. The molecule has 1 aromatic carbocycles. The van der Waals surface area contributed by atoms with Gasteiger partial charge in [-0.2, -0.15) is 5.10 Å². The highest BCUT2D eigenvalue weighted by Gasteiger charge is 2.21. The molecule has 1 aliphatic rings. The van der Waals surface area contributed by atoms with Gasteiger partial charge >= 0.3 is 0 Å². The first-order valence-electron chi connectivity index (χ1n) is 7.76. The molecule has 0 fully saturated rings. The molecule has 1 aromatic heterocycles. The number of nitrogens with one attached hydrogen (secondary N) is 1. The number of phenols is 1. The first kappa shape index (κ1) is 14.1. The number of fused-ring (bicyclic) bond motifs is 1. The van der Waals surface area contributed by atoms with Crippen LogP contribution < -0.4 is 5.32 Å². The second-order valence-electron chi connectivity index (χ2n) is 5.89. The van der Waals surface area contributed by atoms with Gasteiger partial charge in [-0.05, 0) is 55.6 Å². The summed E-state index contributed by atoms with van der Waals surface area (Å²) in [6.45, 7) is 5.34. The van der Waals surface area contributed by atoms with Crippen LogP contribution in [0.4, 0.5) is 0 Å². The third-order valence-corrected chi connectivity index (χ3v) is 4.41. The summed E-state index contributed by atoms with van der Waals surface area (Å²) in [5.41, 5.74) is 3.64. The van der Waals surface area contributed by atoms with E-state index in [2.05, 4.69) is 36.5 Å². The van der Waals surface area contributed by atoms with E-state index >= 15 is 0 Å². The van der Waals surface area contributed by atoms with Crippen molar-refractivity contribution in [3.63, 3.8) is 0 Å². The summed E-state index contributed by atoms with van der Waals surface area (Å²) in [4.78, 5) is 0. The van der Waals surface area contributed by atoms with Crippen molar-refractivity contribution in [2.45, 2.75) is 45.2 Å². The highest BCUT2D eigenvalue weighted by molar-refractivity contribution is 5.39. The van der Waals surface area contributed by atoms with Crippen molar-refractivity contribution in [2.24, 2.45) is 0 Å². The van der Waals surface area contributed by atoms with Gasteiger partial charge in [-0.15, -0.1) is 0 Å². The summed E-state index contributed by atoms with van der Waals surface area (Å²) in [5, 5.41) is 18.0. The van der Waals surface area contributed by atoms with E-state index in [-0.39, 0.29) is 6.04 Å². The third-order valence-electron chi connectivity index (χ3n) is 4.41. The van der Waals surface area contributed by atoms with Crippen molar-refractivity contribution >= 4 is 0 Å². The van der Waals surface area contributed by atoms with Crippen LogP contribution in [0, 0.1) is 0 Å². The zero-order chi connectivity index (χ0) is 14.8. The topological polar surface area (TPSA) is 50.1 Å². The number of hydrogen-bond donors (Lipinski definition) is 2. The van der Waals surface area contributed by atoms with Gasteiger partial charge in [0.2, 0.25) is 0 Å². The Balaban J connectivity index is 1.80. The van der Waals surface area contributed by atoms with E-state index in [0.29, 0.717) is 11.8 Å². The molecule has 0 saturated carbocycles. The molecule has 0 aliphatic carbocycles. The number of rotatable bonds is 4. The molecule has 2 heterocycles. The molecule has 4 nitrogen and oxygen atoms in total. The molecule has 1 aliphatic heterocycles. The number of nitrogens with zero attached hydrogens (tertiary/aromatic N) is 2. The van der Waals surface area contributed by atoms with Gasteiger partial charge in [0.15, 0.2) is 0 Å². The maximum atomic E-state index is 9.73. The number of benzene rings is 1. The summed E-state index contributed by atoms with van der Waals surface area (Å²) >= 11 is 0. The molecule has 21 heavy (non-hydrogen) atoms. The highest BCUT2D eigenvalue weighted by atomic mass is 16.3. The lowest BCUT2D eigenvalue weighted by molar-refractivity contribution is 0.453. The summed E-state index contributed by atoms with van der Waals surface area (Å²) in [5.74, 6) is 0.340. The fraction of sp³-hybridized carbons (Fsp3) is 0.471. The van der Waals surface area contributed by atoms with Crippen LogP contribution >= 0.6 is 0 Å². The molecule has 2 N–H and O–H groups in total. The van der Waals surface area contributed by atoms with Crippen molar-refractivity contribution in [1.29, 1.82) is 0 Å². The Labute approximate surface area is 125 Å². The number of hydrogen-bond acceptors (Lipinski definition) is 3. The maximum absolute atomic E-state index is 9.73. The summed E-state index contributed by atoms with van der Waals surface area (Å²) in [6, 6.07) is 8.48. The number of aromatic hydroxyl groups is 1. The van der Waals surface area contributed by atoms with Gasteiger partial charge in [-0.3, -0.25) is 4.68 Å². The fourth-order valence-corrected chi connectivity index (χ4v) is 2.94. The molecule has 3 rings (SSSR count). The minimum Gasteiger partial charge on any atom is -0.508 e. The van der Waals surface area contributed by atoms with Crippen LogP contribution in [0.25, 0.3) is 0 Å². The van der Waals surface area contributed by atoms with Gasteiger partial charge in [0, 0.05) is 24.7 Å². The normalized spacial score (nSPS) is 19.2. The van der Waals surface area contributed by atoms with Crippen LogP contribution in [0.5, 0.6) is 5.75 Å². The molecule has 112 valence electrons. The minimum atomic E-state index is 0.237. The Morgan fingerprint density at radius 3 is 3.10 bits per heavy atom. The average molecular weight is 285 g/mol. The van der Waals surface area contributed by atoms with Gasteiger partial charge in [0.05, 0.1) is 5.69 Å². The van der Waals surface area contributed by atoms with Crippen molar-refractivity contribution in [3.8, 4) is 5.75 Å². The molecule has 2 unspecified atom stereocenters. The van der Waals surface area contributed by atoms with Gasteiger partial charge in [0.25, 0.3) is 0 Å². The summed E-state index contributed by atoms with van der Waals surface area (Å²) in [7, 11) is 0. The van der Waals surface area contributed by atoms with E-state index < -0.39 is 0 Å². The lowest BCUT2D eigenvalue weighted by Crippen LogP contribution is -2.31. The molecule has 0 amide bonds. The zero-order valence-corrected chi connectivity index (χ0v) is 12.7. The molecule has 2 atom stereocenters. The molecule has 0 radical (unpaired) electrons. The number of phenolic OH excluding ortho intramolecular Hbond substituents is 1. The predicted octanol–water partition coefficient (Wildman–Crippen LogP) is 2.99. The lowest BCUT2D eigenvalue weighted by atomic mass is 9.91. The van der Waals surface area contributed by atoms with Crippen molar-refractivity contribution < 1.29 is 5.11 Å². The van der Waals surface area contributed by atoms with Gasteiger partial charge in [-0.1, -0.05) is 13.0 Å². The van der Waals surface area contributed by atoms with Crippen LogP contribution in [0.1, 0.15) is 49.2 Å². The monoisotopic (exact) mass is 285 g/mol. The van der Waals surface area contributed by atoms with E-state index in [1.165, 1.54) is 11.1 Å². The Hall–Kier alpha value is -1.81. The summed E-state index contributed by atoms with van der Waals surface area (Å²) < 4.78 is 2.04. The average Bonchev–Trinajstić information content (AvgIpc) is 2.95. The van der Waals surface area contributed by atoms with Crippen LogP contribution in [0.3, 0.4) is 0 Å². The minimum absolute atomic E-state index is 0.237. The van der Waals surface area contributed by atoms with Crippen LogP contribution in [0.15, 0.2) is 30.5 Å². The molecule has 4 heteroatoms. The zero-order valence-electron chi connectivity index (χ0n) is 12.7. The second kappa shape index (κ2) is 5.90. The molecule has 0 spiro atoms. The quantitative estimate of drug-likeness (QED) is 0.908. The number of aromatic nitrogens is 2. The Bertz CT molecular complexity index is 620. The second-order valence-corrected chi connectivity index (χ2v) is 5.89. The van der Waals surface area contributed by atoms with Crippen LogP contribution in [-0.2, 0) is 12.8 Å². The van der Waals surface area contributed by atoms with Gasteiger partial charge in [-0.25, -0.2) is 0 Å². The fourth-order valence-electron chi connectivity index (χ4n) is 2.94. The van der Waals surface area contributed by atoms with E-state index in [1.54, 1.807) is 6.07 Å². The molecule has 2 aromatic rings.